The average molecular weight is 145 g/mol. The van der Waals surface area contributed by atoms with Gasteiger partial charge in [-0.15, -0.1) is 0 Å². The van der Waals surface area contributed by atoms with Gasteiger partial charge < -0.3 is 15.2 Å². The van der Waals surface area contributed by atoms with Crippen molar-refractivity contribution in [2.24, 2.45) is 0 Å². The minimum atomic E-state index is 0.153. The Morgan fingerprint density at radius 1 is 1.50 bits per heavy atom. The van der Waals surface area contributed by atoms with E-state index in [1.54, 1.807) is 0 Å². The summed E-state index contributed by atoms with van der Waals surface area (Å²) < 4.78 is 5.26. The molecule has 0 radical (unpaired) electrons. The van der Waals surface area contributed by atoms with E-state index < -0.39 is 0 Å². The summed E-state index contributed by atoms with van der Waals surface area (Å²) in [6.45, 7) is 2.68. The summed E-state index contributed by atoms with van der Waals surface area (Å²) in [6.07, 6.45) is 2.28. The fraction of sp³-hybridized carbons (Fsp3) is 1.00. The standard InChI is InChI=1S/C7H15NO2/c9-5-7-6-10-4-2-1-3-8-7/h7-9H,1-6H2/t7-/m0/s1. The lowest BCUT2D eigenvalue weighted by Gasteiger charge is -2.19. The highest BCUT2D eigenvalue weighted by molar-refractivity contribution is 4.65. The van der Waals surface area contributed by atoms with Gasteiger partial charge in [0.1, 0.15) is 0 Å². The first-order valence-corrected chi connectivity index (χ1v) is 3.85. The Morgan fingerprint density at radius 3 is 3.20 bits per heavy atom. The monoisotopic (exact) mass is 145 g/mol. The molecule has 60 valence electrons. The van der Waals surface area contributed by atoms with Crippen LogP contribution in [0.25, 0.3) is 0 Å². The van der Waals surface area contributed by atoms with Gasteiger partial charge in [-0.2, -0.15) is 0 Å². The minimum absolute atomic E-state index is 0.153. The van der Waals surface area contributed by atoms with Crippen molar-refractivity contribution in [2.75, 3.05) is 26.4 Å². The highest BCUT2D eigenvalue weighted by atomic mass is 16.5. The van der Waals surface area contributed by atoms with Gasteiger partial charge in [0.15, 0.2) is 0 Å². The normalized spacial score (nSPS) is 29.1. The number of hydrogen-bond donors (Lipinski definition) is 2. The summed E-state index contributed by atoms with van der Waals surface area (Å²) in [5, 5.41) is 12.0. The molecule has 0 unspecified atom stereocenters. The average Bonchev–Trinajstić information content (AvgIpc) is 1.87. The second-order valence-corrected chi connectivity index (χ2v) is 2.62. The number of hydrogen-bond acceptors (Lipinski definition) is 3. The third-order valence-electron chi connectivity index (χ3n) is 1.69. The van der Waals surface area contributed by atoms with Crippen LogP contribution in [0.1, 0.15) is 12.8 Å². The molecule has 0 aromatic rings. The fourth-order valence-electron chi connectivity index (χ4n) is 1.04. The van der Waals surface area contributed by atoms with Crippen molar-refractivity contribution >= 4 is 0 Å². The number of nitrogens with one attached hydrogen (secondary N) is 1. The van der Waals surface area contributed by atoms with Crippen molar-refractivity contribution in [3.8, 4) is 0 Å². The molecule has 0 spiro atoms. The number of aliphatic hydroxyl groups is 1. The molecule has 1 aliphatic heterocycles. The van der Waals surface area contributed by atoms with Crippen molar-refractivity contribution in [2.45, 2.75) is 18.9 Å². The lowest BCUT2D eigenvalue weighted by atomic mass is 10.2. The largest absolute Gasteiger partial charge is 0.395 e. The van der Waals surface area contributed by atoms with Crippen LogP contribution < -0.4 is 5.32 Å². The van der Waals surface area contributed by atoms with Crippen molar-refractivity contribution in [1.29, 1.82) is 0 Å². The van der Waals surface area contributed by atoms with E-state index in [0.717, 1.165) is 26.0 Å². The molecule has 1 aliphatic rings. The lowest BCUT2D eigenvalue weighted by molar-refractivity contribution is 0.0761. The van der Waals surface area contributed by atoms with Crippen LogP contribution >= 0.6 is 0 Å². The summed E-state index contributed by atoms with van der Waals surface area (Å²) in [7, 11) is 0. The van der Waals surface area contributed by atoms with Crippen LogP contribution in [0.2, 0.25) is 0 Å². The third kappa shape index (κ3) is 2.64. The Balaban J connectivity index is 2.16. The number of rotatable bonds is 1. The van der Waals surface area contributed by atoms with Gasteiger partial charge >= 0.3 is 0 Å². The fourth-order valence-corrected chi connectivity index (χ4v) is 1.04. The Hall–Kier alpha value is -0.120. The van der Waals surface area contributed by atoms with Crippen LogP contribution in [-0.4, -0.2) is 37.5 Å². The van der Waals surface area contributed by atoms with E-state index in [0.29, 0.717) is 6.61 Å². The van der Waals surface area contributed by atoms with Gasteiger partial charge in [0.05, 0.1) is 19.3 Å². The molecular weight excluding hydrogens is 130 g/mol. The van der Waals surface area contributed by atoms with Crippen LogP contribution in [0.3, 0.4) is 0 Å². The molecule has 0 aromatic carbocycles. The van der Waals surface area contributed by atoms with E-state index in [-0.39, 0.29) is 12.6 Å². The summed E-state index contributed by atoms with van der Waals surface area (Å²) in [5.74, 6) is 0. The van der Waals surface area contributed by atoms with Crippen LogP contribution in [0.5, 0.6) is 0 Å². The molecule has 10 heavy (non-hydrogen) atoms. The molecule has 3 nitrogen and oxygen atoms in total. The number of aliphatic hydroxyl groups excluding tert-OH is 1. The Bertz CT molecular complexity index is 79.7. The Labute approximate surface area is 61.4 Å². The molecule has 0 aromatic heterocycles. The Morgan fingerprint density at radius 2 is 2.40 bits per heavy atom. The van der Waals surface area contributed by atoms with Gasteiger partial charge in [-0.25, -0.2) is 0 Å². The number of ether oxygens (including phenoxy) is 1. The molecule has 1 atom stereocenters. The highest BCUT2D eigenvalue weighted by Gasteiger charge is 2.07. The molecular formula is C7H15NO2. The quantitative estimate of drug-likeness (QED) is 0.534. The van der Waals surface area contributed by atoms with E-state index in [9.17, 15) is 0 Å². The molecule has 1 rings (SSSR count). The van der Waals surface area contributed by atoms with Crippen molar-refractivity contribution in [3.05, 3.63) is 0 Å². The van der Waals surface area contributed by atoms with Crippen LogP contribution in [0, 0.1) is 0 Å². The van der Waals surface area contributed by atoms with E-state index in [2.05, 4.69) is 5.32 Å². The minimum Gasteiger partial charge on any atom is -0.395 e. The van der Waals surface area contributed by atoms with Crippen molar-refractivity contribution in [1.82, 2.24) is 5.32 Å². The summed E-state index contributed by atoms with van der Waals surface area (Å²) in [5.41, 5.74) is 0. The van der Waals surface area contributed by atoms with Gasteiger partial charge in [-0.1, -0.05) is 0 Å². The molecule has 1 fully saturated rings. The highest BCUT2D eigenvalue weighted by Crippen LogP contribution is 1.95. The topological polar surface area (TPSA) is 41.5 Å². The first-order valence-electron chi connectivity index (χ1n) is 3.85. The zero-order valence-corrected chi connectivity index (χ0v) is 6.18. The van der Waals surface area contributed by atoms with E-state index >= 15 is 0 Å². The summed E-state index contributed by atoms with van der Waals surface area (Å²) >= 11 is 0. The van der Waals surface area contributed by atoms with Gasteiger partial charge in [0.25, 0.3) is 0 Å². The molecule has 0 bridgehead atoms. The molecule has 0 aliphatic carbocycles. The molecule has 1 heterocycles. The molecule has 3 heteroatoms. The lowest BCUT2D eigenvalue weighted by Crippen LogP contribution is -2.38. The third-order valence-corrected chi connectivity index (χ3v) is 1.69. The van der Waals surface area contributed by atoms with E-state index in [4.69, 9.17) is 9.84 Å². The van der Waals surface area contributed by atoms with Crippen LogP contribution in [-0.2, 0) is 4.74 Å². The Kier molecular flexibility index (Phi) is 3.72. The molecule has 0 amide bonds. The van der Waals surface area contributed by atoms with Gasteiger partial charge in [0.2, 0.25) is 0 Å². The van der Waals surface area contributed by atoms with E-state index in [1.165, 1.54) is 0 Å². The molecule has 1 saturated heterocycles. The van der Waals surface area contributed by atoms with Crippen LogP contribution in [0.15, 0.2) is 0 Å². The predicted molar refractivity (Wildman–Crippen MR) is 38.9 cm³/mol. The van der Waals surface area contributed by atoms with Crippen molar-refractivity contribution in [3.63, 3.8) is 0 Å². The summed E-state index contributed by atoms with van der Waals surface area (Å²) in [6, 6.07) is 0.153. The maximum Gasteiger partial charge on any atom is 0.0642 e. The van der Waals surface area contributed by atoms with E-state index in [1.807, 2.05) is 0 Å². The predicted octanol–water partition coefficient (Wildman–Crippen LogP) is -0.253. The smallest absolute Gasteiger partial charge is 0.0642 e. The zero-order valence-electron chi connectivity index (χ0n) is 6.18. The first kappa shape index (κ1) is 7.98. The second-order valence-electron chi connectivity index (χ2n) is 2.62. The zero-order chi connectivity index (χ0) is 7.23. The van der Waals surface area contributed by atoms with Crippen molar-refractivity contribution < 1.29 is 9.84 Å². The SMILES string of the molecule is OC[C@H]1COCCCCN1. The first-order chi connectivity index (χ1) is 4.93. The molecule has 2 N–H and O–H groups in total. The second kappa shape index (κ2) is 4.66. The maximum absolute atomic E-state index is 8.77. The summed E-state index contributed by atoms with van der Waals surface area (Å²) in [4.78, 5) is 0. The van der Waals surface area contributed by atoms with Gasteiger partial charge in [-0.3, -0.25) is 0 Å². The van der Waals surface area contributed by atoms with Gasteiger partial charge in [0, 0.05) is 6.61 Å². The van der Waals surface area contributed by atoms with Crippen LogP contribution in [0.4, 0.5) is 0 Å². The maximum atomic E-state index is 8.77. The van der Waals surface area contributed by atoms with Gasteiger partial charge in [-0.05, 0) is 19.4 Å². The molecule has 0 saturated carbocycles.